The summed E-state index contributed by atoms with van der Waals surface area (Å²) in [6.45, 7) is 5.83. The Morgan fingerprint density at radius 3 is 2.72 bits per heavy atom. The molecule has 0 atom stereocenters. The summed E-state index contributed by atoms with van der Waals surface area (Å²) in [4.78, 5) is 19.7. The molecule has 0 aliphatic carbocycles. The summed E-state index contributed by atoms with van der Waals surface area (Å²) in [5, 5.41) is 4.45. The minimum absolute atomic E-state index is 0.114. The van der Waals surface area contributed by atoms with Gasteiger partial charge in [-0.3, -0.25) is 9.78 Å². The van der Waals surface area contributed by atoms with E-state index in [1.54, 1.807) is 7.11 Å². The highest BCUT2D eigenvalue weighted by Crippen LogP contribution is 2.37. The van der Waals surface area contributed by atoms with E-state index in [0.29, 0.717) is 5.41 Å². The Kier molecular flexibility index (Phi) is 4.12. The fraction of sp³-hybridized carbons (Fsp3) is 0.500. The summed E-state index contributed by atoms with van der Waals surface area (Å²) in [6.07, 6.45) is 3.44. The van der Waals surface area contributed by atoms with E-state index in [-0.39, 0.29) is 5.91 Å². The number of hydrogen-bond donors (Lipinski definition) is 1. The van der Waals surface area contributed by atoms with Gasteiger partial charge in [0.1, 0.15) is 5.75 Å². The molecule has 2 fully saturated rings. The Morgan fingerprint density at radius 1 is 1.24 bits per heavy atom. The number of methoxy groups -OCH3 is 1. The van der Waals surface area contributed by atoms with Crippen molar-refractivity contribution in [2.45, 2.75) is 26.2 Å². The number of ether oxygens (including phenoxy) is 1. The van der Waals surface area contributed by atoms with E-state index in [4.69, 9.17) is 4.74 Å². The van der Waals surface area contributed by atoms with Gasteiger partial charge in [-0.25, -0.2) is 0 Å². The number of likely N-dealkylation sites (tertiary alicyclic amines) is 1. The summed E-state index contributed by atoms with van der Waals surface area (Å²) in [7, 11) is 1.65. The van der Waals surface area contributed by atoms with Gasteiger partial charge in [0.25, 0.3) is 5.91 Å². The highest BCUT2D eigenvalue weighted by molar-refractivity contribution is 5.98. The number of fused-ring (bicyclic) bond motifs is 1. The van der Waals surface area contributed by atoms with Crippen LogP contribution in [-0.2, 0) is 0 Å². The minimum atomic E-state index is 0.114. The monoisotopic (exact) mass is 339 g/mol. The molecule has 0 radical (unpaired) electrons. The van der Waals surface area contributed by atoms with Crippen molar-refractivity contribution in [3.05, 3.63) is 35.5 Å². The molecule has 4 rings (SSSR count). The first-order chi connectivity index (χ1) is 12.1. The quantitative estimate of drug-likeness (QED) is 0.914. The molecule has 2 saturated heterocycles. The Hall–Kier alpha value is -2.14. The van der Waals surface area contributed by atoms with Crippen LogP contribution in [0, 0.1) is 12.3 Å². The molecule has 1 spiro atoms. The number of amides is 1. The first-order valence-corrected chi connectivity index (χ1v) is 9.06. The van der Waals surface area contributed by atoms with E-state index in [9.17, 15) is 4.79 Å². The topological polar surface area (TPSA) is 54.5 Å². The van der Waals surface area contributed by atoms with Gasteiger partial charge in [0, 0.05) is 31.1 Å². The average Bonchev–Trinajstić information content (AvgIpc) is 3.08. The Balaban J connectivity index is 1.56. The Labute approximate surface area is 148 Å². The zero-order valence-corrected chi connectivity index (χ0v) is 15.0. The minimum Gasteiger partial charge on any atom is -0.497 e. The van der Waals surface area contributed by atoms with E-state index >= 15 is 0 Å². The second kappa shape index (κ2) is 6.30. The maximum atomic E-state index is 13.0. The molecule has 2 aromatic rings. The summed E-state index contributed by atoms with van der Waals surface area (Å²) in [5.74, 6) is 0.897. The third kappa shape index (κ3) is 2.97. The number of aryl methyl sites for hydroxylation is 1. The summed E-state index contributed by atoms with van der Waals surface area (Å²) >= 11 is 0. The van der Waals surface area contributed by atoms with Crippen LogP contribution in [0.3, 0.4) is 0 Å². The number of nitrogens with one attached hydrogen (secondary N) is 1. The highest BCUT2D eigenvalue weighted by Gasteiger charge is 2.38. The summed E-state index contributed by atoms with van der Waals surface area (Å²) < 4.78 is 5.26. The van der Waals surface area contributed by atoms with Gasteiger partial charge < -0.3 is 15.0 Å². The summed E-state index contributed by atoms with van der Waals surface area (Å²) in [5.41, 5.74) is 2.79. The van der Waals surface area contributed by atoms with Crippen LogP contribution in [0.1, 0.15) is 35.3 Å². The number of carbonyl (C=O) groups excluding carboxylic acids is 1. The third-order valence-corrected chi connectivity index (χ3v) is 5.89. The molecular weight excluding hydrogens is 314 g/mol. The molecule has 1 amide bonds. The van der Waals surface area contributed by atoms with Crippen LogP contribution < -0.4 is 10.1 Å². The van der Waals surface area contributed by atoms with Gasteiger partial charge in [-0.15, -0.1) is 0 Å². The number of hydrogen-bond acceptors (Lipinski definition) is 4. The lowest BCUT2D eigenvalue weighted by atomic mass is 9.78. The second-order valence-electron chi connectivity index (χ2n) is 7.40. The zero-order chi connectivity index (χ0) is 17.4. The summed E-state index contributed by atoms with van der Waals surface area (Å²) in [6, 6.07) is 7.76. The normalized spacial score (nSPS) is 19.5. The predicted octanol–water partition coefficient (Wildman–Crippen LogP) is 2.77. The Morgan fingerprint density at radius 2 is 2.04 bits per heavy atom. The predicted molar refractivity (Wildman–Crippen MR) is 98.1 cm³/mol. The lowest BCUT2D eigenvalue weighted by Crippen LogP contribution is -2.44. The Bertz CT molecular complexity index is 802. The standard InChI is InChI=1S/C20H25N3O2/c1-14-17(11-15-3-4-16(25-2)12-18(15)22-14)19(24)23-9-6-20(7-10-23)5-8-21-13-20/h3-4,11-12,21H,5-10,13H2,1-2H3. The van der Waals surface area contributed by atoms with E-state index < -0.39 is 0 Å². The van der Waals surface area contributed by atoms with Crippen LogP contribution in [0.25, 0.3) is 10.9 Å². The van der Waals surface area contributed by atoms with Crippen molar-refractivity contribution in [3.63, 3.8) is 0 Å². The number of pyridine rings is 1. The van der Waals surface area contributed by atoms with Gasteiger partial charge in [-0.1, -0.05) is 0 Å². The fourth-order valence-corrected chi connectivity index (χ4v) is 4.16. The lowest BCUT2D eigenvalue weighted by Gasteiger charge is -2.39. The van der Waals surface area contributed by atoms with Crippen molar-refractivity contribution < 1.29 is 9.53 Å². The molecule has 1 N–H and O–H groups in total. The number of piperidine rings is 1. The van der Waals surface area contributed by atoms with E-state index in [0.717, 1.165) is 66.9 Å². The molecule has 25 heavy (non-hydrogen) atoms. The fourth-order valence-electron chi connectivity index (χ4n) is 4.16. The maximum absolute atomic E-state index is 13.0. The molecular formula is C20H25N3O2. The van der Waals surface area contributed by atoms with Crippen molar-refractivity contribution in [1.29, 1.82) is 0 Å². The maximum Gasteiger partial charge on any atom is 0.255 e. The largest absolute Gasteiger partial charge is 0.497 e. The second-order valence-corrected chi connectivity index (χ2v) is 7.40. The lowest BCUT2D eigenvalue weighted by molar-refractivity contribution is 0.0606. The number of benzene rings is 1. The molecule has 3 heterocycles. The van der Waals surface area contributed by atoms with Crippen LogP contribution >= 0.6 is 0 Å². The van der Waals surface area contributed by atoms with Crippen molar-refractivity contribution in [1.82, 2.24) is 15.2 Å². The van der Waals surface area contributed by atoms with Crippen LogP contribution in [0.5, 0.6) is 5.75 Å². The van der Waals surface area contributed by atoms with Crippen molar-refractivity contribution in [3.8, 4) is 5.75 Å². The molecule has 132 valence electrons. The van der Waals surface area contributed by atoms with Gasteiger partial charge in [-0.05, 0) is 56.3 Å². The van der Waals surface area contributed by atoms with Gasteiger partial charge in [0.15, 0.2) is 0 Å². The molecule has 0 unspecified atom stereocenters. The zero-order valence-electron chi connectivity index (χ0n) is 15.0. The smallest absolute Gasteiger partial charge is 0.255 e. The van der Waals surface area contributed by atoms with E-state index in [2.05, 4.69) is 10.3 Å². The van der Waals surface area contributed by atoms with Crippen LogP contribution in [0.15, 0.2) is 24.3 Å². The van der Waals surface area contributed by atoms with E-state index in [1.165, 1.54) is 6.42 Å². The van der Waals surface area contributed by atoms with Crippen molar-refractivity contribution in [2.75, 3.05) is 33.3 Å². The average molecular weight is 339 g/mol. The number of aromatic nitrogens is 1. The number of rotatable bonds is 2. The first-order valence-electron chi connectivity index (χ1n) is 9.06. The van der Waals surface area contributed by atoms with Crippen LogP contribution in [-0.4, -0.2) is 49.1 Å². The number of carbonyl (C=O) groups is 1. The molecule has 1 aromatic heterocycles. The molecule has 5 nitrogen and oxygen atoms in total. The van der Waals surface area contributed by atoms with Crippen LogP contribution in [0.4, 0.5) is 0 Å². The van der Waals surface area contributed by atoms with Crippen LogP contribution in [0.2, 0.25) is 0 Å². The van der Waals surface area contributed by atoms with E-state index in [1.807, 2.05) is 36.1 Å². The SMILES string of the molecule is COc1ccc2cc(C(=O)N3CCC4(CCNC4)CC3)c(C)nc2c1. The van der Waals surface area contributed by atoms with Gasteiger partial charge in [0.05, 0.1) is 23.9 Å². The molecule has 2 aliphatic heterocycles. The molecule has 0 bridgehead atoms. The molecule has 0 saturated carbocycles. The van der Waals surface area contributed by atoms with Crippen molar-refractivity contribution in [2.24, 2.45) is 5.41 Å². The van der Waals surface area contributed by atoms with Gasteiger partial charge in [0.2, 0.25) is 0 Å². The first kappa shape index (κ1) is 16.3. The number of nitrogens with zero attached hydrogens (tertiary/aromatic N) is 2. The van der Waals surface area contributed by atoms with Crippen molar-refractivity contribution >= 4 is 16.8 Å². The highest BCUT2D eigenvalue weighted by atomic mass is 16.5. The third-order valence-electron chi connectivity index (χ3n) is 5.89. The molecule has 1 aromatic carbocycles. The molecule has 2 aliphatic rings. The molecule has 5 heteroatoms. The van der Waals surface area contributed by atoms with Gasteiger partial charge in [-0.2, -0.15) is 0 Å². The van der Waals surface area contributed by atoms with Gasteiger partial charge >= 0.3 is 0 Å².